The molecule has 180 valence electrons. The Morgan fingerprint density at radius 2 is 1.91 bits per heavy atom. The van der Waals surface area contributed by atoms with Gasteiger partial charge in [0, 0.05) is 0 Å². The van der Waals surface area contributed by atoms with E-state index in [4.69, 9.17) is 32.7 Å². The molecule has 35 heavy (non-hydrogen) atoms. The van der Waals surface area contributed by atoms with Gasteiger partial charge in [0.2, 0.25) is 0 Å². The number of rotatable bonds is 7. The number of benzene rings is 2. The Morgan fingerprint density at radius 1 is 1.23 bits per heavy atom. The number of halogens is 2. The second-order valence-corrected chi connectivity index (χ2v) is 9.44. The van der Waals surface area contributed by atoms with Crippen molar-refractivity contribution in [3.8, 4) is 5.75 Å². The predicted octanol–water partition coefficient (Wildman–Crippen LogP) is 4.67. The van der Waals surface area contributed by atoms with E-state index >= 15 is 0 Å². The molecule has 0 bridgehead atoms. The molecular formula is C26H22Cl2N2O4S. The molecule has 2 heterocycles. The fourth-order valence-corrected chi connectivity index (χ4v) is 5.54. The summed E-state index contributed by atoms with van der Waals surface area (Å²) >= 11 is 14.0. The number of aromatic nitrogens is 1. The Bertz CT molecular complexity index is 1480. The van der Waals surface area contributed by atoms with E-state index in [1.54, 1.807) is 28.9 Å². The summed E-state index contributed by atoms with van der Waals surface area (Å²) in [7, 11) is 1.33. The van der Waals surface area contributed by atoms with E-state index < -0.39 is 12.0 Å². The van der Waals surface area contributed by atoms with Gasteiger partial charge in [0.1, 0.15) is 6.61 Å². The number of ether oxygens (including phenoxy) is 2. The van der Waals surface area contributed by atoms with Crippen LogP contribution in [0.1, 0.15) is 30.5 Å². The molecule has 0 N–H and O–H groups in total. The van der Waals surface area contributed by atoms with E-state index in [1.807, 2.05) is 37.3 Å². The molecule has 0 saturated heterocycles. The zero-order chi connectivity index (χ0) is 25.1. The van der Waals surface area contributed by atoms with Crippen molar-refractivity contribution >= 4 is 46.6 Å². The van der Waals surface area contributed by atoms with Crippen molar-refractivity contribution < 1.29 is 14.3 Å². The topological polar surface area (TPSA) is 69.9 Å². The fourth-order valence-electron chi connectivity index (χ4n) is 3.91. The SMILES string of the molecule is C=CCOc1c(Cl)cc(/C=c2\sc3n(c2=O)[C@@H](c2ccccc2)C(C(=O)OC)=C(CC)N=3)cc1Cl. The summed E-state index contributed by atoms with van der Waals surface area (Å²) in [6.45, 7) is 5.79. The standard InChI is InChI=1S/C26H22Cl2N2O4S/c1-4-11-34-23-17(27)12-15(13-18(23)28)14-20-24(31)30-22(16-9-7-6-8-10-16)21(25(32)33-3)19(5-2)29-26(30)35-20/h4,6-10,12-14,22H,1,5,11H2,2-3H3/b20-14-/t22-/m0/s1. The monoisotopic (exact) mass is 528 g/mol. The smallest absolute Gasteiger partial charge is 0.338 e. The predicted molar refractivity (Wildman–Crippen MR) is 139 cm³/mol. The van der Waals surface area contributed by atoms with E-state index in [2.05, 4.69) is 11.6 Å². The Labute approximate surface area is 216 Å². The van der Waals surface area contributed by atoms with Gasteiger partial charge in [-0.15, -0.1) is 0 Å². The maximum Gasteiger partial charge on any atom is 0.338 e. The maximum absolute atomic E-state index is 13.6. The van der Waals surface area contributed by atoms with E-state index in [0.29, 0.717) is 48.4 Å². The lowest BCUT2D eigenvalue weighted by atomic mass is 9.95. The van der Waals surface area contributed by atoms with Gasteiger partial charge in [0.25, 0.3) is 5.56 Å². The zero-order valence-corrected chi connectivity index (χ0v) is 21.4. The van der Waals surface area contributed by atoms with Crippen molar-refractivity contribution in [2.75, 3.05) is 13.7 Å². The first-order valence-electron chi connectivity index (χ1n) is 10.8. The third kappa shape index (κ3) is 4.85. The number of nitrogens with zero attached hydrogens (tertiary/aromatic N) is 2. The summed E-state index contributed by atoms with van der Waals surface area (Å²) < 4.78 is 12.6. The third-order valence-corrected chi connectivity index (χ3v) is 6.97. The van der Waals surface area contributed by atoms with Gasteiger partial charge in [-0.1, -0.05) is 84.4 Å². The highest BCUT2D eigenvalue weighted by atomic mass is 35.5. The largest absolute Gasteiger partial charge is 0.486 e. The van der Waals surface area contributed by atoms with E-state index in [9.17, 15) is 9.59 Å². The molecule has 0 saturated carbocycles. The highest BCUT2D eigenvalue weighted by molar-refractivity contribution is 7.07. The molecule has 1 aromatic heterocycles. The first-order chi connectivity index (χ1) is 16.9. The van der Waals surface area contributed by atoms with Crippen LogP contribution >= 0.6 is 34.5 Å². The van der Waals surface area contributed by atoms with Crippen LogP contribution in [0.25, 0.3) is 6.08 Å². The molecule has 0 radical (unpaired) electrons. The third-order valence-electron chi connectivity index (χ3n) is 5.43. The first kappa shape index (κ1) is 25.0. The van der Waals surface area contributed by atoms with Crippen LogP contribution in [0.15, 0.2) is 76.2 Å². The van der Waals surface area contributed by atoms with Crippen LogP contribution in [-0.2, 0) is 9.53 Å². The average molecular weight is 529 g/mol. The van der Waals surface area contributed by atoms with Gasteiger partial charge in [0.15, 0.2) is 10.6 Å². The van der Waals surface area contributed by atoms with Crippen LogP contribution in [0.3, 0.4) is 0 Å². The Kier molecular flexibility index (Phi) is 7.60. The lowest BCUT2D eigenvalue weighted by molar-refractivity contribution is -0.136. The Morgan fingerprint density at radius 3 is 2.51 bits per heavy atom. The lowest BCUT2D eigenvalue weighted by Crippen LogP contribution is -2.40. The van der Waals surface area contributed by atoms with Gasteiger partial charge >= 0.3 is 5.97 Å². The second kappa shape index (κ2) is 10.6. The molecule has 0 amide bonds. The molecule has 0 aliphatic carbocycles. The van der Waals surface area contributed by atoms with Crippen molar-refractivity contribution in [2.45, 2.75) is 19.4 Å². The number of hydrogen-bond acceptors (Lipinski definition) is 6. The second-order valence-electron chi connectivity index (χ2n) is 7.61. The zero-order valence-electron chi connectivity index (χ0n) is 19.1. The summed E-state index contributed by atoms with van der Waals surface area (Å²) in [6, 6.07) is 12.1. The number of hydrogen-bond donors (Lipinski definition) is 0. The minimum absolute atomic E-state index is 0.263. The normalized spacial score (nSPS) is 15.4. The van der Waals surface area contributed by atoms with Crippen LogP contribution in [0.2, 0.25) is 10.0 Å². The highest BCUT2D eigenvalue weighted by Gasteiger charge is 2.33. The van der Waals surface area contributed by atoms with Crippen molar-refractivity contribution in [1.29, 1.82) is 0 Å². The molecule has 1 aliphatic heterocycles. The minimum Gasteiger partial charge on any atom is -0.486 e. The van der Waals surface area contributed by atoms with Crippen molar-refractivity contribution in [3.63, 3.8) is 0 Å². The number of fused-ring (bicyclic) bond motifs is 1. The molecule has 1 atom stereocenters. The molecule has 0 unspecified atom stereocenters. The Balaban J connectivity index is 1.92. The molecule has 4 rings (SSSR count). The van der Waals surface area contributed by atoms with Crippen molar-refractivity contribution in [2.24, 2.45) is 4.99 Å². The highest BCUT2D eigenvalue weighted by Crippen LogP contribution is 2.35. The summed E-state index contributed by atoms with van der Waals surface area (Å²) in [6.07, 6.45) is 3.81. The van der Waals surface area contributed by atoms with Gasteiger partial charge in [-0.3, -0.25) is 9.36 Å². The van der Waals surface area contributed by atoms with Gasteiger partial charge in [0.05, 0.1) is 39.0 Å². The van der Waals surface area contributed by atoms with Crippen LogP contribution in [0, 0.1) is 0 Å². The maximum atomic E-state index is 13.6. The van der Waals surface area contributed by atoms with Crippen molar-refractivity contribution in [1.82, 2.24) is 4.57 Å². The summed E-state index contributed by atoms with van der Waals surface area (Å²) in [4.78, 5) is 31.6. The van der Waals surface area contributed by atoms with E-state index in [-0.39, 0.29) is 12.2 Å². The molecule has 0 fully saturated rings. The van der Waals surface area contributed by atoms with E-state index in [0.717, 1.165) is 5.56 Å². The minimum atomic E-state index is -0.654. The molecular weight excluding hydrogens is 507 g/mol. The molecule has 6 nitrogen and oxygen atoms in total. The van der Waals surface area contributed by atoms with Crippen LogP contribution in [-0.4, -0.2) is 24.3 Å². The van der Waals surface area contributed by atoms with Gasteiger partial charge < -0.3 is 9.47 Å². The summed E-state index contributed by atoms with van der Waals surface area (Å²) in [5, 5.41) is 0.642. The number of carbonyl (C=O) groups is 1. The average Bonchev–Trinajstić information content (AvgIpc) is 3.16. The van der Waals surface area contributed by atoms with Gasteiger partial charge in [-0.2, -0.15) is 0 Å². The molecule has 2 aromatic carbocycles. The molecule has 3 aromatic rings. The first-order valence-corrected chi connectivity index (χ1v) is 12.4. The number of esters is 1. The van der Waals surface area contributed by atoms with Crippen LogP contribution in [0.4, 0.5) is 0 Å². The number of methoxy groups -OCH3 is 1. The number of allylic oxidation sites excluding steroid dienone is 1. The lowest BCUT2D eigenvalue weighted by Gasteiger charge is -2.25. The quantitative estimate of drug-likeness (QED) is 0.330. The van der Waals surface area contributed by atoms with Crippen molar-refractivity contribution in [3.05, 3.63) is 107 Å². The number of thiazole rings is 1. The summed E-state index contributed by atoms with van der Waals surface area (Å²) in [5.74, 6) is -0.159. The summed E-state index contributed by atoms with van der Waals surface area (Å²) in [5.41, 5.74) is 2.09. The molecule has 9 heteroatoms. The number of carbonyl (C=O) groups excluding carboxylic acids is 1. The van der Waals surface area contributed by atoms with Gasteiger partial charge in [-0.05, 0) is 35.8 Å². The van der Waals surface area contributed by atoms with E-state index in [1.165, 1.54) is 18.4 Å². The fraction of sp³-hybridized carbons (Fsp3) is 0.192. The molecule has 0 spiro atoms. The van der Waals surface area contributed by atoms with Crippen LogP contribution in [0.5, 0.6) is 5.75 Å². The van der Waals surface area contributed by atoms with Gasteiger partial charge in [-0.25, -0.2) is 9.79 Å². The Hall–Kier alpha value is -3.13. The van der Waals surface area contributed by atoms with Crippen LogP contribution < -0.4 is 19.6 Å². The molecule has 1 aliphatic rings.